The molecule has 0 bridgehead atoms. The Kier molecular flexibility index (Phi) is 4.53. The predicted molar refractivity (Wildman–Crippen MR) is 78.7 cm³/mol. The van der Waals surface area contributed by atoms with Crippen LogP contribution in [0.25, 0.3) is 0 Å². The van der Waals surface area contributed by atoms with Gasteiger partial charge in [-0.2, -0.15) is 0 Å². The standard InChI is InChI=1S/C16H22N2O3/c17-15(19)13-5-3-12(4-6-13)10-18-7-1-2-14(11-18)16-20-8-9-21-16/h3-6,14,16H,1-2,7-11H2,(H2,17,19). The van der Waals surface area contributed by atoms with Crippen LogP contribution in [0.3, 0.4) is 0 Å². The third-order valence-corrected chi connectivity index (χ3v) is 4.22. The summed E-state index contributed by atoms with van der Waals surface area (Å²) in [6, 6.07) is 7.54. The summed E-state index contributed by atoms with van der Waals surface area (Å²) < 4.78 is 11.3. The van der Waals surface area contributed by atoms with Crippen molar-refractivity contribution in [2.45, 2.75) is 25.7 Å². The largest absolute Gasteiger partial charge is 0.366 e. The molecular weight excluding hydrogens is 268 g/mol. The number of primary amides is 1. The van der Waals surface area contributed by atoms with Gasteiger partial charge < -0.3 is 15.2 Å². The molecule has 0 radical (unpaired) electrons. The monoisotopic (exact) mass is 290 g/mol. The molecule has 0 spiro atoms. The lowest BCUT2D eigenvalue weighted by atomic mass is 9.97. The molecule has 1 atom stereocenters. The fourth-order valence-corrected chi connectivity index (χ4v) is 3.14. The maximum absolute atomic E-state index is 11.1. The first-order valence-corrected chi connectivity index (χ1v) is 7.56. The Bertz CT molecular complexity index is 483. The number of rotatable bonds is 4. The number of amides is 1. The SMILES string of the molecule is NC(=O)c1ccc(CN2CCCC(C3OCCO3)C2)cc1. The zero-order valence-electron chi connectivity index (χ0n) is 12.2. The van der Waals surface area contributed by atoms with Gasteiger partial charge in [0.2, 0.25) is 5.91 Å². The van der Waals surface area contributed by atoms with Gasteiger partial charge in [-0.05, 0) is 37.1 Å². The summed E-state index contributed by atoms with van der Waals surface area (Å²) in [6.07, 6.45) is 2.32. The van der Waals surface area contributed by atoms with Crippen molar-refractivity contribution in [3.63, 3.8) is 0 Å². The Morgan fingerprint density at radius 3 is 2.62 bits per heavy atom. The molecule has 0 aromatic heterocycles. The number of nitrogens with zero attached hydrogens (tertiary/aromatic N) is 1. The Labute approximate surface area is 125 Å². The molecule has 1 amide bonds. The number of ether oxygens (including phenoxy) is 2. The van der Waals surface area contributed by atoms with Crippen molar-refractivity contribution < 1.29 is 14.3 Å². The minimum atomic E-state index is -0.380. The average Bonchev–Trinajstić information content (AvgIpc) is 3.02. The minimum absolute atomic E-state index is 0.0231. The molecule has 3 rings (SSSR count). The summed E-state index contributed by atoms with van der Waals surface area (Å²) in [7, 11) is 0. The molecular formula is C16H22N2O3. The third-order valence-electron chi connectivity index (χ3n) is 4.22. The summed E-state index contributed by atoms with van der Waals surface area (Å²) in [6.45, 7) is 4.43. The number of likely N-dealkylation sites (tertiary alicyclic amines) is 1. The highest BCUT2D eigenvalue weighted by molar-refractivity contribution is 5.92. The number of hydrogen-bond acceptors (Lipinski definition) is 4. The number of carbonyl (C=O) groups excluding carboxylic acids is 1. The smallest absolute Gasteiger partial charge is 0.248 e. The van der Waals surface area contributed by atoms with E-state index in [2.05, 4.69) is 4.90 Å². The molecule has 5 heteroatoms. The zero-order chi connectivity index (χ0) is 14.7. The van der Waals surface area contributed by atoms with Gasteiger partial charge in [0, 0.05) is 24.6 Å². The van der Waals surface area contributed by atoms with E-state index in [-0.39, 0.29) is 12.2 Å². The fourth-order valence-electron chi connectivity index (χ4n) is 3.14. The van der Waals surface area contributed by atoms with Crippen LogP contribution in [0.2, 0.25) is 0 Å². The van der Waals surface area contributed by atoms with Crippen molar-refractivity contribution in [2.24, 2.45) is 11.7 Å². The van der Waals surface area contributed by atoms with E-state index >= 15 is 0 Å². The van der Waals surface area contributed by atoms with Crippen LogP contribution in [0.15, 0.2) is 24.3 Å². The third kappa shape index (κ3) is 3.61. The summed E-state index contributed by atoms with van der Waals surface area (Å²) in [5.41, 5.74) is 7.02. The number of benzene rings is 1. The molecule has 1 aromatic carbocycles. The first-order valence-electron chi connectivity index (χ1n) is 7.56. The highest BCUT2D eigenvalue weighted by atomic mass is 16.7. The molecule has 1 unspecified atom stereocenters. The quantitative estimate of drug-likeness (QED) is 0.909. The van der Waals surface area contributed by atoms with Crippen LogP contribution in [-0.2, 0) is 16.0 Å². The fraction of sp³-hybridized carbons (Fsp3) is 0.562. The minimum Gasteiger partial charge on any atom is -0.366 e. The van der Waals surface area contributed by atoms with Gasteiger partial charge >= 0.3 is 0 Å². The van der Waals surface area contributed by atoms with E-state index < -0.39 is 0 Å². The molecule has 1 aromatic rings. The summed E-state index contributed by atoms with van der Waals surface area (Å²) in [5, 5.41) is 0. The summed E-state index contributed by atoms with van der Waals surface area (Å²) >= 11 is 0. The molecule has 0 saturated carbocycles. The normalized spacial score (nSPS) is 24.3. The van der Waals surface area contributed by atoms with Crippen LogP contribution >= 0.6 is 0 Å². The molecule has 0 aliphatic carbocycles. The van der Waals surface area contributed by atoms with Gasteiger partial charge in [-0.3, -0.25) is 9.69 Å². The predicted octanol–water partition coefficient (Wildman–Crippen LogP) is 1.37. The second-order valence-corrected chi connectivity index (χ2v) is 5.81. The molecule has 2 aliphatic rings. The second kappa shape index (κ2) is 6.56. The van der Waals surface area contributed by atoms with Crippen LogP contribution in [0.1, 0.15) is 28.8 Å². The van der Waals surface area contributed by atoms with Gasteiger partial charge in [0.05, 0.1) is 13.2 Å². The van der Waals surface area contributed by atoms with Crippen LogP contribution < -0.4 is 5.73 Å². The first-order chi connectivity index (χ1) is 10.2. The topological polar surface area (TPSA) is 64.8 Å². The summed E-state index contributed by atoms with van der Waals surface area (Å²) in [5.74, 6) is 0.0845. The second-order valence-electron chi connectivity index (χ2n) is 5.81. The van der Waals surface area contributed by atoms with Crippen LogP contribution in [-0.4, -0.2) is 43.4 Å². The van der Waals surface area contributed by atoms with E-state index in [4.69, 9.17) is 15.2 Å². The van der Waals surface area contributed by atoms with Gasteiger partial charge in [-0.15, -0.1) is 0 Å². The maximum atomic E-state index is 11.1. The van der Waals surface area contributed by atoms with E-state index in [1.807, 2.05) is 12.1 Å². The van der Waals surface area contributed by atoms with Gasteiger partial charge in [-0.1, -0.05) is 12.1 Å². The van der Waals surface area contributed by atoms with Crippen molar-refractivity contribution in [3.05, 3.63) is 35.4 Å². The maximum Gasteiger partial charge on any atom is 0.248 e. The zero-order valence-corrected chi connectivity index (χ0v) is 12.2. The molecule has 2 fully saturated rings. The lowest BCUT2D eigenvalue weighted by molar-refractivity contribution is -0.101. The van der Waals surface area contributed by atoms with E-state index in [0.29, 0.717) is 11.5 Å². The number of hydrogen-bond donors (Lipinski definition) is 1. The molecule has 2 N–H and O–H groups in total. The molecule has 2 saturated heterocycles. The highest BCUT2D eigenvalue weighted by Gasteiger charge is 2.30. The van der Waals surface area contributed by atoms with Crippen LogP contribution in [0, 0.1) is 5.92 Å². The number of carbonyl (C=O) groups is 1. The molecule has 5 nitrogen and oxygen atoms in total. The molecule has 2 aliphatic heterocycles. The molecule has 114 valence electrons. The van der Waals surface area contributed by atoms with Gasteiger partial charge in [0.25, 0.3) is 0 Å². The van der Waals surface area contributed by atoms with E-state index in [1.165, 1.54) is 18.4 Å². The number of nitrogens with two attached hydrogens (primary N) is 1. The van der Waals surface area contributed by atoms with Gasteiger partial charge in [-0.25, -0.2) is 0 Å². The van der Waals surface area contributed by atoms with Crippen molar-refractivity contribution in [1.29, 1.82) is 0 Å². The van der Waals surface area contributed by atoms with Crippen molar-refractivity contribution >= 4 is 5.91 Å². The van der Waals surface area contributed by atoms with E-state index in [0.717, 1.165) is 32.8 Å². The van der Waals surface area contributed by atoms with Gasteiger partial charge in [0.1, 0.15) is 0 Å². The molecule has 2 heterocycles. The first kappa shape index (κ1) is 14.5. The van der Waals surface area contributed by atoms with Crippen molar-refractivity contribution in [3.8, 4) is 0 Å². The summed E-state index contributed by atoms with van der Waals surface area (Å²) in [4.78, 5) is 13.5. The molecule has 21 heavy (non-hydrogen) atoms. The average molecular weight is 290 g/mol. The Morgan fingerprint density at radius 2 is 1.95 bits per heavy atom. The van der Waals surface area contributed by atoms with Crippen molar-refractivity contribution in [1.82, 2.24) is 4.90 Å². The Balaban J connectivity index is 1.57. The highest BCUT2D eigenvalue weighted by Crippen LogP contribution is 2.25. The van der Waals surface area contributed by atoms with Gasteiger partial charge in [0.15, 0.2) is 6.29 Å². The van der Waals surface area contributed by atoms with Crippen molar-refractivity contribution in [2.75, 3.05) is 26.3 Å². The number of piperidine rings is 1. The van der Waals surface area contributed by atoms with E-state index in [9.17, 15) is 4.79 Å². The lowest BCUT2D eigenvalue weighted by Gasteiger charge is -2.34. The lowest BCUT2D eigenvalue weighted by Crippen LogP contribution is -2.40. The van der Waals surface area contributed by atoms with E-state index in [1.54, 1.807) is 12.1 Å². The van der Waals surface area contributed by atoms with Crippen LogP contribution in [0.4, 0.5) is 0 Å². The Morgan fingerprint density at radius 1 is 1.24 bits per heavy atom. The van der Waals surface area contributed by atoms with Crippen LogP contribution in [0.5, 0.6) is 0 Å². The Hall–Kier alpha value is -1.43.